The van der Waals surface area contributed by atoms with Gasteiger partial charge in [-0.1, -0.05) is 18.1 Å². The first kappa shape index (κ1) is 20.9. The molecule has 2 aromatic carbocycles. The third kappa shape index (κ3) is 3.12. The molecule has 2 N–H and O–H groups in total. The van der Waals surface area contributed by atoms with Crippen LogP contribution < -0.4 is 10.2 Å². The van der Waals surface area contributed by atoms with Gasteiger partial charge in [0.05, 0.1) is 0 Å². The third-order valence-electron chi connectivity index (χ3n) is 7.34. The Morgan fingerprint density at radius 2 is 1.91 bits per heavy atom. The number of pyridine rings is 2. The van der Waals surface area contributed by atoms with Crippen molar-refractivity contribution in [3.63, 3.8) is 0 Å². The van der Waals surface area contributed by atoms with Crippen molar-refractivity contribution in [2.75, 3.05) is 18.0 Å². The van der Waals surface area contributed by atoms with Crippen LogP contribution in [0.3, 0.4) is 0 Å². The number of nitrogens with zero attached hydrogens (tertiary/aromatic N) is 3. The van der Waals surface area contributed by atoms with Crippen LogP contribution in [0.25, 0.3) is 32.8 Å². The Morgan fingerprint density at radius 3 is 2.65 bits per heavy atom. The van der Waals surface area contributed by atoms with Crippen LogP contribution in [0.4, 0.5) is 10.2 Å². The Morgan fingerprint density at radius 1 is 1.15 bits per heavy atom. The van der Waals surface area contributed by atoms with Gasteiger partial charge in [0.15, 0.2) is 5.82 Å². The minimum Gasteiger partial charge on any atom is -0.508 e. The van der Waals surface area contributed by atoms with Crippen molar-refractivity contribution in [3.8, 4) is 29.4 Å². The van der Waals surface area contributed by atoms with Crippen LogP contribution in [0.1, 0.15) is 29.7 Å². The first-order chi connectivity index (χ1) is 16.4. The number of hydrogen-bond donors (Lipinski definition) is 2. The first-order valence-corrected chi connectivity index (χ1v) is 11.6. The summed E-state index contributed by atoms with van der Waals surface area (Å²) in [5.74, 6) is 3.10. The van der Waals surface area contributed by atoms with E-state index in [2.05, 4.69) is 21.1 Å². The lowest BCUT2D eigenvalue weighted by molar-refractivity contribution is 0.464. The topological polar surface area (TPSA) is 61.3 Å². The van der Waals surface area contributed by atoms with Crippen molar-refractivity contribution in [1.29, 1.82) is 0 Å². The molecule has 2 aliphatic rings. The fourth-order valence-electron chi connectivity index (χ4n) is 5.62. The maximum absolute atomic E-state index is 16.3. The van der Waals surface area contributed by atoms with E-state index in [9.17, 15) is 5.11 Å². The molecule has 0 spiro atoms. The second-order valence-electron chi connectivity index (χ2n) is 9.44. The zero-order valence-electron chi connectivity index (χ0n) is 19.2. The van der Waals surface area contributed by atoms with Crippen LogP contribution in [0.15, 0.2) is 36.5 Å². The van der Waals surface area contributed by atoms with Gasteiger partial charge >= 0.3 is 0 Å². The van der Waals surface area contributed by atoms with Crippen LogP contribution in [-0.4, -0.2) is 40.2 Å². The van der Waals surface area contributed by atoms with E-state index in [0.717, 1.165) is 48.4 Å². The second-order valence-corrected chi connectivity index (χ2v) is 9.44. The summed E-state index contributed by atoms with van der Waals surface area (Å²) in [7, 11) is 0. The zero-order chi connectivity index (χ0) is 23.6. The van der Waals surface area contributed by atoms with Gasteiger partial charge in [0.1, 0.15) is 17.3 Å². The maximum atomic E-state index is 16.3. The molecule has 2 fully saturated rings. The minimum atomic E-state index is -0.418. The highest BCUT2D eigenvalue weighted by molar-refractivity contribution is 6.04. The van der Waals surface area contributed by atoms with Gasteiger partial charge in [-0.3, -0.25) is 4.98 Å². The number of piperazine rings is 1. The molecule has 4 heterocycles. The number of terminal acetylenes is 1. The summed E-state index contributed by atoms with van der Waals surface area (Å²) in [6.07, 6.45) is 9.79. The fraction of sp³-hybridized carbons (Fsp3) is 0.286. The van der Waals surface area contributed by atoms with E-state index in [1.54, 1.807) is 18.3 Å². The minimum absolute atomic E-state index is 0.0394. The molecule has 2 aromatic heterocycles. The van der Waals surface area contributed by atoms with Crippen LogP contribution in [0.2, 0.25) is 0 Å². The number of hydrogen-bond acceptors (Lipinski definition) is 5. The number of aromatic hydroxyl groups is 1. The largest absolute Gasteiger partial charge is 0.508 e. The molecule has 170 valence electrons. The summed E-state index contributed by atoms with van der Waals surface area (Å²) < 4.78 is 16.3. The Hall–Kier alpha value is -3.69. The second kappa shape index (κ2) is 7.68. The first-order valence-electron chi connectivity index (χ1n) is 11.6. The number of nitrogens with one attached hydrogen (secondary N) is 1. The number of phenols is 1. The highest BCUT2D eigenvalue weighted by Crippen LogP contribution is 2.39. The Labute approximate surface area is 197 Å². The van der Waals surface area contributed by atoms with E-state index in [0.29, 0.717) is 39.4 Å². The summed E-state index contributed by atoms with van der Waals surface area (Å²) in [4.78, 5) is 11.7. The summed E-state index contributed by atoms with van der Waals surface area (Å²) in [5.41, 5.74) is 2.89. The molecule has 6 rings (SSSR count). The van der Waals surface area contributed by atoms with E-state index >= 15 is 4.39 Å². The average molecular weight is 453 g/mol. The number of aromatic nitrogens is 2. The molecule has 4 aromatic rings. The zero-order valence-corrected chi connectivity index (χ0v) is 19.2. The van der Waals surface area contributed by atoms with Crippen molar-refractivity contribution in [2.45, 2.75) is 38.8 Å². The van der Waals surface area contributed by atoms with Crippen molar-refractivity contribution >= 4 is 27.4 Å². The van der Waals surface area contributed by atoms with Gasteiger partial charge in [-0.25, -0.2) is 9.37 Å². The number of anilines is 1. The summed E-state index contributed by atoms with van der Waals surface area (Å²) in [6, 6.07) is 9.56. The van der Waals surface area contributed by atoms with Gasteiger partial charge in [-0.2, -0.15) is 0 Å². The molecule has 6 heteroatoms. The van der Waals surface area contributed by atoms with Crippen LogP contribution >= 0.6 is 0 Å². The molecule has 2 saturated heterocycles. The smallest absolute Gasteiger partial charge is 0.157 e. The lowest BCUT2D eigenvalue weighted by Gasteiger charge is -2.34. The van der Waals surface area contributed by atoms with Gasteiger partial charge in [-0.15, -0.1) is 6.42 Å². The summed E-state index contributed by atoms with van der Waals surface area (Å²) >= 11 is 0. The molecule has 0 aliphatic carbocycles. The van der Waals surface area contributed by atoms with E-state index in [1.165, 1.54) is 0 Å². The molecule has 2 atom stereocenters. The van der Waals surface area contributed by atoms with Gasteiger partial charge in [-0.05, 0) is 55.8 Å². The van der Waals surface area contributed by atoms with E-state index in [4.69, 9.17) is 11.4 Å². The quantitative estimate of drug-likeness (QED) is 0.427. The highest BCUT2D eigenvalue weighted by Gasteiger charge is 2.34. The Bertz CT molecular complexity index is 1510. The number of rotatable bonds is 2. The lowest BCUT2D eigenvalue weighted by Crippen LogP contribution is -2.51. The van der Waals surface area contributed by atoms with Crippen LogP contribution in [0, 0.1) is 32.0 Å². The number of halogens is 1. The molecule has 2 unspecified atom stereocenters. The predicted molar refractivity (Wildman–Crippen MR) is 134 cm³/mol. The molecule has 2 bridgehead atoms. The number of fused-ring (bicyclic) bond motifs is 4. The SMILES string of the molecule is C#Cc1cccc2cc(O)cc(-c3ncc4c(N5CC6CCC(C5)N6)nc(C)c(C)c4c3F)c12. The van der Waals surface area contributed by atoms with Gasteiger partial charge in [0, 0.05) is 64.3 Å². The molecular formula is C28H25FN4O. The van der Waals surface area contributed by atoms with E-state index < -0.39 is 5.82 Å². The number of benzene rings is 2. The molecule has 34 heavy (non-hydrogen) atoms. The normalized spacial score (nSPS) is 19.6. The van der Waals surface area contributed by atoms with Gasteiger partial charge < -0.3 is 15.3 Å². The van der Waals surface area contributed by atoms with Crippen molar-refractivity contribution in [1.82, 2.24) is 15.3 Å². The molecule has 2 aliphatic heterocycles. The lowest BCUT2D eigenvalue weighted by atomic mass is 9.95. The monoisotopic (exact) mass is 452 g/mol. The van der Waals surface area contributed by atoms with Gasteiger partial charge in [0.2, 0.25) is 0 Å². The molecule has 5 nitrogen and oxygen atoms in total. The molecular weight excluding hydrogens is 427 g/mol. The van der Waals surface area contributed by atoms with Gasteiger partial charge in [0.25, 0.3) is 0 Å². The third-order valence-corrected chi connectivity index (χ3v) is 7.34. The summed E-state index contributed by atoms with van der Waals surface area (Å²) in [6.45, 7) is 5.53. The van der Waals surface area contributed by atoms with Crippen LogP contribution in [0.5, 0.6) is 5.75 Å². The van der Waals surface area contributed by atoms with Crippen molar-refractivity contribution < 1.29 is 9.50 Å². The summed E-state index contributed by atoms with van der Waals surface area (Å²) in [5, 5.41) is 16.7. The van der Waals surface area contributed by atoms with Crippen molar-refractivity contribution in [3.05, 3.63) is 59.2 Å². The van der Waals surface area contributed by atoms with Crippen molar-refractivity contribution in [2.24, 2.45) is 0 Å². The number of aryl methyl sites for hydroxylation is 2. The fourth-order valence-corrected chi connectivity index (χ4v) is 5.62. The molecule has 0 saturated carbocycles. The Kier molecular flexibility index (Phi) is 4.72. The maximum Gasteiger partial charge on any atom is 0.157 e. The molecule has 0 radical (unpaired) electrons. The molecule has 0 amide bonds. The predicted octanol–water partition coefficient (Wildman–Crippen LogP) is 4.83. The number of phenolic OH excluding ortho intramolecular Hbond substituents is 1. The highest BCUT2D eigenvalue weighted by atomic mass is 19.1. The van der Waals surface area contributed by atoms with Crippen LogP contribution in [-0.2, 0) is 0 Å². The average Bonchev–Trinajstić information content (AvgIpc) is 3.17. The van der Waals surface area contributed by atoms with E-state index in [-0.39, 0.29) is 11.4 Å². The standard InChI is InChI=1S/C28H25FN4O/c1-4-17-6-5-7-18-10-21(34)11-22(25(17)18)27-26(29)24-15(2)16(3)31-28(23(24)12-30-27)33-13-19-8-9-20(14-33)32-19/h1,5-7,10-12,19-20,32,34H,8-9,13-14H2,2-3H3. The Balaban J connectivity index is 1.61. The van der Waals surface area contributed by atoms with E-state index in [1.807, 2.05) is 32.0 Å².